The van der Waals surface area contributed by atoms with E-state index in [9.17, 15) is 4.79 Å². The Morgan fingerprint density at radius 1 is 1.04 bits per heavy atom. The first-order valence-electron chi connectivity index (χ1n) is 8.92. The molecule has 2 aromatic heterocycles. The van der Waals surface area contributed by atoms with Gasteiger partial charge in [-0.05, 0) is 37.1 Å². The summed E-state index contributed by atoms with van der Waals surface area (Å²) in [6.45, 7) is 1.27. The molecule has 0 bridgehead atoms. The van der Waals surface area contributed by atoms with E-state index in [1.165, 1.54) is 22.7 Å². The van der Waals surface area contributed by atoms with Crippen LogP contribution in [0.25, 0.3) is 20.4 Å². The number of aromatic nitrogens is 2. The summed E-state index contributed by atoms with van der Waals surface area (Å²) in [6.07, 6.45) is 2.05. The minimum absolute atomic E-state index is 0.0512. The standard InChI is InChI=1S/C20H17N3O2S2/c24-19(18-21-14-7-1-3-9-16(14)26-18)23(12-13-6-5-11-25-13)20-22-15-8-2-4-10-17(15)27-20/h1-4,7-10,13H,5-6,11-12H2. The minimum Gasteiger partial charge on any atom is -0.376 e. The summed E-state index contributed by atoms with van der Waals surface area (Å²) in [5.41, 5.74) is 1.76. The highest BCUT2D eigenvalue weighted by Crippen LogP contribution is 2.32. The number of carbonyl (C=O) groups excluding carboxylic acids is 1. The molecule has 0 N–H and O–H groups in total. The van der Waals surface area contributed by atoms with Crippen LogP contribution in [-0.2, 0) is 4.74 Å². The van der Waals surface area contributed by atoms with Crippen LogP contribution in [0.1, 0.15) is 22.6 Å². The normalized spacial score (nSPS) is 17.0. The lowest BCUT2D eigenvalue weighted by Gasteiger charge is -2.22. The number of hydrogen-bond donors (Lipinski definition) is 0. The maximum atomic E-state index is 13.4. The fourth-order valence-corrected chi connectivity index (χ4v) is 5.18. The van der Waals surface area contributed by atoms with E-state index in [-0.39, 0.29) is 12.0 Å². The van der Waals surface area contributed by atoms with E-state index in [4.69, 9.17) is 9.72 Å². The molecule has 1 saturated heterocycles. The lowest BCUT2D eigenvalue weighted by Crippen LogP contribution is -2.37. The molecule has 5 nitrogen and oxygen atoms in total. The zero-order chi connectivity index (χ0) is 18.2. The van der Waals surface area contributed by atoms with Gasteiger partial charge in [0, 0.05) is 6.61 Å². The van der Waals surface area contributed by atoms with Crippen LogP contribution in [0.15, 0.2) is 48.5 Å². The summed E-state index contributed by atoms with van der Waals surface area (Å²) in [7, 11) is 0. The average molecular weight is 396 g/mol. The van der Waals surface area contributed by atoms with Gasteiger partial charge in [0.2, 0.25) is 0 Å². The molecule has 1 unspecified atom stereocenters. The summed E-state index contributed by atoms with van der Waals surface area (Å²) in [6, 6.07) is 15.8. The molecular formula is C20H17N3O2S2. The number of amides is 1. The molecule has 1 atom stereocenters. The van der Waals surface area contributed by atoms with E-state index in [0.29, 0.717) is 16.7 Å². The highest BCUT2D eigenvalue weighted by atomic mass is 32.1. The Morgan fingerprint density at radius 2 is 1.74 bits per heavy atom. The molecule has 0 radical (unpaired) electrons. The van der Waals surface area contributed by atoms with Gasteiger partial charge in [0.15, 0.2) is 10.1 Å². The van der Waals surface area contributed by atoms with Crippen molar-refractivity contribution in [1.82, 2.24) is 9.97 Å². The number of hydrogen-bond acceptors (Lipinski definition) is 6. The minimum atomic E-state index is -0.106. The molecule has 1 aliphatic heterocycles. The van der Waals surface area contributed by atoms with E-state index < -0.39 is 0 Å². The first-order chi connectivity index (χ1) is 13.3. The van der Waals surface area contributed by atoms with Gasteiger partial charge in [0.05, 0.1) is 33.1 Å². The van der Waals surface area contributed by atoms with Crippen molar-refractivity contribution in [1.29, 1.82) is 0 Å². The van der Waals surface area contributed by atoms with Crippen molar-refractivity contribution in [2.24, 2.45) is 0 Å². The molecule has 2 aromatic carbocycles. The molecule has 1 aliphatic rings. The number of carbonyl (C=O) groups is 1. The molecule has 0 aliphatic carbocycles. The highest BCUT2D eigenvalue weighted by molar-refractivity contribution is 7.22. The summed E-state index contributed by atoms with van der Waals surface area (Å²) >= 11 is 2.96. The fraction of sp³-hybridized carbons (Fsp3) is 0.250. The Balaban J connectivity index is 1.54. The van der Waals surface area contributed by atoms with Crippen LogP contribution in [0.4, 0.5) is 5.13 Å². The molecule has 27 heavy (non-hydrogen) atoms. The van der Waals surface area contributed by atoms with Crippen LogP contribution in [0, 0.1) is 0 Å². The lowest BCUT2D eigenvalue weighted by atomic mass is 10.2. The van der Waals surface area contributed by atoms with Gasteiger partial charge in [-0.3, -0.25) is 9.69 Å². The van der Waals surface area contributed by atoms with E-state index in [0.717, 1.165) is 39.9 Å². The van der Waals surface area contributed by atoms with Gasteiger partial charge in [-0.1, -0.05) is 35.6 Å². The first-order valence-corrected chi connectivity index (χ1v) is 10.6. The Bertz CT molecular complexity index is 1050. The number of rotatable bonds is 4. The molecule has 5 rings (SSSR count). The molecule has 7 heteroatoms. The van der Waals surface area contributed by atoms with Crippen LogP contribution in [-0.4, -0.2) is 35.1 Å². The number of ether oxygens (including phenoxy) is 1. The molecule has 136 valence electrons. The van der Waals surface area contributed by atoms with Crippen molar-refractivity contribution in [2.45, 2.75) is 18.9 Å². The van der Waals surface area contributed by atoms with Gasteiger partial charge in [0.1, 0.15) is 0 Å². The largest absolute Gasteiger partial charge is 0.376 e. The van der Waals surface area contributed by atoms with Crippen molar-refractivity contribution >= 4 is 54.1 Å². The predicted octanol–water partition coefficient (Wildman–Crippen LogP) is 4.73. The van der Waals surface area contributed by atoms with E-state index in [1.807, 2.05) is 48.5 Å². The number of anilines is 1. The van der Waals surface area contributed by atoms with Crippen LogP contribution >= 0.6 is 22.7 Å². The topological polar surface area (TPSA) is 55.3 Å². The number of thiazole rings is 2. The van der Waals surface area contributed by atoms with Gasteiger partial charge < -0.3 is 4.74 Å². The second-order valence-electron chi connectivity index (χ2n) is 6.50. The Labute approximate surface area is 164 Å². The van der Waals surface area contributed by atoms with Gasteiger partial charge in [-0.15, -0.1) is 11.3 Å². The highest BCUT2D eigenvalue weighted by Gasteiger charge is 2.28. The molecule has 0 spiro atoms. The van der Waals surface area contributed by atoms with E-state index in [1.54, 1.807) is 4.90 Å². The summed E-state index contributed by atoms with van der Waals surface area (Å²) in [5.74, 6) is -0.106. The van der Waals surface area contributed by atoms with Crippen molar-refractivity contribution < 1.29 is 9.53 Å². The predicted molar refractivity (Wildman–Crippen MR) is 110 cm³/mol. The smallest absolute Gasteiger partial charge is 0.289 e. The Morgan fingerprint density at radius 3 is 2.41 bits per heavy atom. The molecular weight excluding hydrogens is 378 g/mol. The third kappa shape index (κ3) is 3.22. The maximum Gasteiger partial charge on any atom is 0.289 e. The van der Waals surface area contributed by atoms with Crippen LogP contribution < -0.4 is 4.90 Å². The lowest BCUT2D eigenvalue weighted by molar-refractivity contribution is 0.0917. The Kier molecular flexibility index (Phi) is 4.35. The summed E-state index contributed by atoms with van der Waals surface area (Å²) < 4.78 is 7.88. The first kappa shape index (κ1) is 16.8. The van der Waals surface area contributed by atoms with Gasteiger partial charge >= 0.3 is 0 Å². The third-order valence-electron chi connectivity index (χ3n) is 4.65. The van der Waals surface area contributed by atoms with Crippen molar-refractivity contribution in [3.8, 4) is 0 Å². The third-order valence-corrected chi connectivity index (χ3v) is 6.73. The number of nitrogens with zero attached hydrogens (tertiary/aromatic N) is 3. The second kappa shape index (κ2) is 6.99. The monoisotopic (exact) mass is 395 g/mol. The van der Waals surface area contributed by atoms with Gasteiger partial charge in [-0.25, -0.2) is 9.97 Å². The summed E-state index contributed by atoms with van der Waals surface area (Å²) in [4.78, 5) is 24.4. The maximum absolute atomic E-state index is 13.4. The van der Waals surface area contributed by atoms with E-state index >= 15 is 0 Å². The summed E-state index contributed by atoms with van der Waals surface area (Å²) in [5, 5.41) is 1.20. The van der Waals surface area contributed by atoms with Crippen LogP contribution in [0.2, 0.25) is 0 Å². The van der Waals surface area contributed by atoms with Crippen molar-refractivity contribution in [3.63, 3.8) is 0 Å². The zero-order valence-corrected chi connectivity index (χ0v) is 16.1. The fourth-order valence-electron chi connectivity index (χ4n) is 3.29. The van der Waals surface area contributed by atoms with E-state index in [2.05, 4.69) is 4.98 Å². The van der Waals surface area contributed by atoms with Gasteiger partial charge in [-0.2, -0.15) is 0 Å². The molecule has 0 saturated carbocycles. The number of benzene rings is 2. The second-order valence-corrected chi connectivity index (χ2v) is 8.54. The van der Waals surface area contributed by atoms with Gasteiger partial charge in [0.25, 0.3) is 5.91 Å². The van der Waals surface area contributed by atoms with Crippen molar-refractivity contribution in [2.75, 3.05) is 18.1 Å². The molecule has 1 fully saturated rings. The average Bonchev–Trinajstić information content (AvgIpc) is 3.44. The number of para-hydroxylation sites is 2. The Hall–Kier alpha value is -2.35. The molecule has 4 aromatic rings. The zero-order valence-electron chi connectivity index (χ0n) is 14.5. The molecule has 1 amide bonds. The number of fused-ring (bicyclic) bond motifs is 2. The SMILES string of the molecule is O=C(c1nc2ccccc2s1)N(CC1CCCO1)c1nc2ccccc2s1. The van der Waals surface area contributed by atoms with Crippen LogP contribution in [0.5, 0.6) is 0 Å². The quantitative estimate of drug-likeness (QED) is 0.501. The molecule has 3 heterocycles. The van der Waals surface area contributed by atoms with Crippen LogP contribution in [0.3, 0.4) is 0 Å². The van der Waals surface area contributed by atoms with Crippen molar-refractivity contribution in [3.05, 3.63) is 53.5 Å².